The predicted molar refractivity (Wildman–Crippen MR) is 119 cm³/mol. The number of carbonyl (C=O) groups excluding carboxylic acids is 2. The summed E-state index contributed by atoms with van der Waals surface area (Å²) in [6.07, 6.45) is 7.27. The van der Waals surface area contributed by atoms with Crippen LogP contribution in [0.25, 0.3) is 22.2 Å². The molecule has 3 aromatic heterocycles. The fraction of sp³-hybridized carbons (Fsp3) is 0.391. The number of hydrogen-bond acceptors (Lipinski definition) is 5. The van der Waals surface area contributed by atoms with Crippen LogP contribution in [0.2, 0.25) is 0 Å². The number of rotatable bonds is 6. The fourth-order valence-electron chi connectivity index (χ4n) is 3.27. The van der Waals surface area contributed by atoms with Crippen LogP contribution >= 0.6 is 0 Å². The van der Waals surface area contributed by atoms with Crippen molar-refractivity contribution in [3.8, 4) is 17.1 Å². The molecule has 2 fully saturated rings. The number of hydrogen-bond donors (Lipinski definition) is 3. The Labute approximate surface area is 180 Å². The van der Waals surface area contributed by atoms with Crippen LogP contribution in [-0.2, 0) is 4.79 Å². The van der Waals surface area contributed by atoms with Gasteiger partial charge in [-0.1, -0.05) is 13.8 Å². The minimum atomic E-state index is -0.242. The van der Waals surface area contributed by atoms with Gasteiger partial charge in [0.25, 0.3) is 5.91 Å². The molecular weight excluding hydrogens is 394 g/mol. The molecule has 2 amide bonds. The van der Waals surface area contributed by atoms with Gasteiger partial charge in [0, 0.05) is 30.7 Å². The molecule has 8 nitrogen and oxygen atoms in total. The molecule has 162 valence electrons. The molecule has 8 heteroatoms. The number of anilines is 1. The van der Waals surface area contributed by atoms with Gasteiger partial charge in [-0.2, -0.15) is 0 Å². The fourth-order valence-corrected chi connectivity index (χ4v) is 3.27. The topological polar surface area (TPSA) is 109 Å². The van der Waals surface area contributed by atoms with Crippen molar-refractivity contribution in [1.82, 2.24) is 20.3 Å². The minimum absolute atomic E-state index is 0.0400. The van der Waals surface area contributed by atoms with E-state index in [2.05, 4.69) is 25.6 Å². The van der Waals surface area contributed by atoms with E-state index in [1.807, 2.05) is 32.0 Å². The molecule has 3 N–H and O–H groups in total. The summed E-state index contributed by atoms with van der Waals surface area (Å²) in [6, 6.07) is 5.64. The molecule has 0 spiro atoms. The normalized spacial score (nSPS) is 15.1. The Kier molecular flexibility index (Phi) is 5.88. The lowest BCUT2D eigenvalue weighted by molar-refractivity contribution is -0.117. The maximum atomic E-state index is 12.4. The highest BCUT2D eigenvalue weighted by Crippen LogP contribution is 2.37. The zero-order valence-electron chi connectivity index (χ0n) is 18.0. The molecule has 0 aliphatic heterocycles. The molecule has 0 saturated heterocycles. The van der Waals surface area contributed by atoms with Crippen molar-refractivity contribution >= 4 is 28.5 Å². The zero-order valence-corrected chi connectivity index (χ0v) is 18.0. The molecule has 2 saturated carbocycles. The number of amides is 2. The Balaban J connectivity index is 0.00000112. The van der Waals surface area contributed by atoms with Crippen LogP contribution in [0.15, 0.2) is 30.6 Å². The highest BCUT2D eigenvalue weighted by atomic mass is 16.5. The number of ether oxygens (including phenoxy) is 1. The maximum absolute atomic E-state index is 12.4. The van der Waals surface area contributed by atoms with Crippen molar-refractivity contribution in [3.05, 3.63) is 36.2 Å². The van der Waals surface area contributed by atoms with Crippen LogP contribution in [0, 0.1) is 5.92 Å². The molecule has 0 unspecified atom stereocenters. The summed E-state index contributed by atoms with van der Waals surface area (Å²) in [7, 11) is 1.58. The number of fused-ring (bicyclic) bond motifs is 1. The van der Waals surface area contributed by atoms with E-state index in [-0.39, 0.29) is 23.8 Å². The lowest BCUT2D eigenvalue weighted by Crippen LogP contribution is -2.19. The predicted octanol–water partition coefficient (Wildman–Crippen LogP) is 3.90. The van der Waals surface area contributed by atoms with Crippen LogP contribution in [0.3, 0.4) is 0 Å². The number of H-pyrrole nitrogens is 1. The third kappa shape index (κ3) is 4.38. The van der Waals surface area contributed by atoms with E-state index in [1.54, 1.807) is 13.2 Å². The summed E-state index contributed by atoms with van der Waals surface area (Å²) in [5.41, 5.74) is 2.60. The summed E-state index contributed by atoms with van der Waals surface area (Å²) >= 11 is 0. The smallest absolute Gasteiger partial charge is 0.253 e. The lowest BCUT2D eigenvalue weighted by Gasteiger charge is -2.08. The molecule has 3 heterocycles. The molecule has 31 heavy (non-hydrogen) atoms. The quantitative estimate of drug-likeness (QED) is 0.559. The van der Waals surface area contributed by atoms with Gasteiger partial charge in [-0.05, 0) is 43.9 Å². The summed E-state index contributed by atoms with van der Waals surface area (Å²) in [5, 5.41) is 6.21. The second-order valence-corrected chi connectivity index (χ2v) is 7.51. The second kappa shape index (κ2) is 8.75. The van der Waals surface area contributed by atoms with Gasteiger partial charge in [0.05, 0.1) is 22.3 Å². The molecule has 0 atom stereocenters. The van der Waals surface area contributed by atoms with E-state index in [1.165, 1.54) is 6.20 Å². The number of nitrogens with zero attached hydrogens (tertiary/aromatic N) is 2. The largest absolute Gasteiger partial charge is 0.474 e. The molecule has 3 aromatic rings. The standard InChI is InChI=1S/C21H21N5O3.C2H6/c1-22-20(28)15-10-24-18(26-19(27)11-4-5-11)17-14(15)9-16(25-17)13-3-2-8-23-21(13)29-12-6-7-12;1-2/h2-3,8-12,25H,4-7H2,1H3,(H,22,28)(H,24,26,27);1-2H3. The van der Waals surface area contributed by atoms with Crippen molar-refractivity contribution in [2.45, 2.75) is 45.6 Å². The minimum Gasteiger partial charge on any atom is -0.474 e. The van der Waals surface area contributed by atoms with Crippen molar-refractivity contribution in [2.24, 2.45) is 5.92 Å². The first-order valence-corrected chi connectivity index (χ1v) is 10.8. The molecule has 2 aliphatic rings. The van der Waals surface area contributed by atoms with Gasteiger partial charge >= 0.3 is 0 Å². The monoisotopic (exact) mass is 421 g/mol. The van der Waals surface area contributed by atoms with Gasteiger partial charge in [0.15, 0.2) is 5.82 Å². The maximum Gasteiger partial charge on any atom is 0.253 e. The first kappa shape index (κ1) is 20.8. The Bertz CT molecular complexity index is 1120. The highest BCUT2D eigenvalue weighted by Gasteiger charge is 2.31. The molecular formula is C23H27N5O3. The number of pyridine rings is 2. The number of aromatic amines is 1. The number of nitrogens with one attached hydrogen (secondary N) is 3. The van der Waals surface area contributed by atoms with E-state index < -0.39 is 0 Å². The Morgan fingerprint density at radius 1 is 1.16 bits per heavy atom. The molecule has 2 aliphatic carbocycles. The van der Waals surface area contributed by atoms with Crippen molar-refractivity contribution in [2.75, 3.05) is 12.4 Å². The Hall–Kier alpha value is -3.42. The van der Waals surface area contributed by atoms with Crippen LogP contribution in [-0.4, -0.2) is 39.9 Å². The first-order chi connectivity index (χ1) is 15.1. The third-order valence-electron chi connectivity index (χ3n) is 5.19. The van der Waals surface area contributed by atoms with Crippen LogP contribution in [0.4, 0.5) is 5.82 Å². The van der Waals surface area contributed by atoms with Gasteiger partial charge < -0.3 is 20.4 Å². The lowest BCUT2D eigenvalue weighted by atomic mass is 10.1. The summed E-state index contributed by atoms with van der Waals surface area (Å²) in [6.45, 7) is 4.00. The molecule has 0 aromatic carbocycles. The van der Waals surface area contributed by atoms with Crippen molar-refractivity contribution < 1.29 is 14.3 Å². The SMILES string of the molecule is CC.CNC(=O)c1cnc(NC(=O)C2CC2)c2[nH]c(-c3cccnc3OC3CC3)cc12. The summed E-state index contributed by atoms with van der Waals surface area (Å²) in [4.78, 5) is 36.7. The zero-order chi connectivity index (χ0) is 22.0. The van der Waals surface area contributed by atoms with E-state index in [9.17, 15) is 9.59 Å². The van der Waals surface area contributed by atoms with E-state index in [4.69, 9.17) is 4.74 Å². The summed E-state index contributed by atoms with van der Waals surface area (Å²) in [5.74, 6) is 0.747. The van der Waals surface area contributed by atoms with Crippen molar-refractivity contribution in [3.63, 3.8) is 0 Å². The van der Waals surface area contributed by atoms with Gasteiger partial charge in [-0.15, -0.1) is 0 Å². The average molecular weight is 422 g/mol. The first-order valence-electron chi connectivity index (χ1n) is 10.8. The molecule has 5 rings (SSSR count). The van der Waals surface area contributed by atoms with Gasteiger partial charge in [-0.25, -0.2) is 9.97 Å². The summed E-state index contributed by atoms with van der Waals surface area (Å²) < 4.78 is 5.94. The van der Waals surface area contributed by atoms with Crippen molar-refractivity contribution in [1.29, 1.82) is 0 Å². The number of carbonyl (C=O) groups is 2. The van der Waals surface area contributed by atoms with E-state index in [0.717, 1.165) is 36.9 Å². The average Bonchev–Trinajstić information content (AvgIpc) is 3.73. The molecule has 0 radical (unpaired) electrons. The Morgan fingerprint density at radius 2 is 1.94 bits per heavy atom. The van der Waals surface area contributed by atoms with E-state index >= 15 is 0 Å². The van der Waals surface area contributed by atoms with Crippen LogP contribution in [0.5, 0.6) is 5.88 Å². The third-order valence-corrected chi connectivity index (χ3v) is 5.19. The number of aromatic nitrogens is 3. The molecule has 0 bridgehead atoms. The van der Waals surface area contributed by atoms with Crippen LogP contribution in [0.1, 0.15) is 49.9 Å². The van der Waals surface area contributed by atoms with Gasteiger partial charge in [0.2, 0.25) is 11.8 Å². The Morgan fingerprint density at radius 3 is 2.61 bits per heavy atom. The highest BCUT2D eigenvalue weighted by molar-refractivity contribution is 6.11. The van der Waals surface area contributed by atoms with Gasteiger partial charge in [-0.3, -0.25) is 9.59 Å². The second-order valence-electron chi connectivity index (χ2n) is 7.51. The van der Waals surface area contributed by atoms with E-state index in [0.29, 0.717) is 28.2 Å². The van der Waals surface area contributed by atoms with Crippen LogP contribution < -0.4 is 15.4 Å². The van der Waals surface area contributed by atoms with Gasteiger partial charge in [0.1, 0.15) is 6.10 Å².